The fourth-order valence-electron chi connectivity index (χ4n) is 2.66. The maximum absolute atomic E-state index is 12.9. The van der Waals surface area contributed by atoms with Crippen LogP contribution >= 0.6 is 11.3 Å². The number of amides is 2. The van der Waals surface area contributed by atoms with Crippen LogP contribution in [-0.2, 0) is 4.74 Å². The first-order valence-corrected chi connectivity index (χ1v) is 9.90. The third kappa shape index (κ3) is 4.87. The summed E-state index contributed by atoms with van der Waals surface area (Å²) in [5, 5.41) is 6.24. The molecule has 3 rings (SSSR count). The largest absolute Gasteiger partial charge is 0.497 e. The van der Waals surface area contributed by atoms with Crippen LogP contribution in [0.1, 0.15) is 17.3 Å². The van der Waals surface area contributed by atoms with Gasteiger partial charge in [-0.15, -0.1) is 0 Å². The zero-order valence-corrected chi connectivity index (χ0v) is 17.5. The number of carbonyl (C=O) groups is 2. The highest BCUT2D eigenvalue weighted by molar-refractivity contribution is 7.20. The van der Waals surface area contributed by atoms with E-state index in [2.05, 4.69) is 15.6 Å². The van der Waals surface area contributed by atoms with Gasteiger partial charge in [-0.3, -0.25) is 10.1 Å². The van der Waals surface area contributed by atoms with Gasteiger partial charge in [0.25, 0.3) is 5.91 Å². The molecule has 2 aromatic carbocycles. The first-order valence-electron chi connectivity index (χ1n) is 9.09. The maximum Gasteiger partial charge on any atom is 0.413 e. The summed E-state index contributed by atoms with van der Waals surface area (Å²) in [6.07, 6.45) is -0.611. The molecule has 3 aromatic rings. The molecule has 2 N–H and O–H groups in total. The fraction of sp³-hybridized carbons (Fsp3) is 0.190. The number of ether oxygens (including phenoxy) is 3. The molecule has 9 heteroatoms. The molecule has 0 spiro atoms. The van der Waals surface area contributed by atoms with Crippen molar-refractivity contribution in [3.8, 4) is 22.8 Å². The van der Waals surface area contributed by atoms with Gasteiger partial charge in [-0.05, 0) is 19.1 Å². The Balaban J connectivity index is 1.93. The molecule has 0 radical (unpaired) electrons. The van der Waals surface area contributed by atoms with Gasteiger partial charge in [0.05, 0.1) is 26.4 Å². The van der Waals surface area contributed by atoms with Gasteiger partial charge in [0, 0.05) is 11.6 Å². The van der Waals surface area contributed by atoms with E-state index in [-0.39, 0.29) is 12.5 Å². The third-order valence-electron chi connectivity index (χ3n) is 4.04. The highest BCUT2D eigenvalue weighted by Gasteiger charge is 2.20. The fourth-order valence-corrected chi connectivity index (χ4v) is 3.53. The average molecular weight is 427 g/mol. The molecule has 0 atom stereocenters. The van der Waals surface area contributed by atoms with E-state index in [1.54, 1.807) is 25.1 Å². The molecular formula is C21H21N3O5S. The predicted octanol–water partition coefficient (Wildman–Crippen LogP) is 4.65. The Bertz CT molecular complexity index is 1040. The molecule has 1 heterocycles. The molecule has 0 fully saturated rings. The van der Waals surface area contributed by atoms with Crippen molar-refractivity contribution in [1.82, 2.24) is 4.98 Å². The van der Waals surface area contributed by atoms with Gasteiger partial charge < -0.3 is 19.5 Å². The van der Waals surface area contributed by atoms with Gasteiger partial charge in [0.2, 0.25) is 0 Å². The van der Waals surface area contributed by atoms with Crippen molar-refractivity contribution in [1.29, 1.82) is 0 Å². The number of nitrogens with zero attached hydrogens (tertiary/aromatic N) is 1. The first-order chi connectivity index (χ1) is 14.5. The van der Waals surface area contributed by atoms with E-state index in [0.29, 0.717) is 32.9 Å². The van der Waals surface area contributed by atoms with Gasteiger partial charge >= 0.3 is 6.09 Å². The molecule has 0 aliphatic heterocycles. The van der Waals surface area contributed by atoms with Crippen LogP contribution in [0.15, 0.2) is 48.5 Å². The minimum absolute atomic E-state index is 0.240. The van der Waals surface area contributed by atoms with Crippen LogP contribution in [0.4, 0.5) is 14.9 Å². The molecule has 0 unspecified atom stereocenters. The Kier molecular flexibility index (Phi) is 6.87. The Hall–Kier alpha value is -3.59. The number of methoxy groups -OCH3 is 2. The van der Waals surface area contributed by atoms with E-state index in [9.17, 15) is 9.59 Å². The normalized spacial score (nSPS) is 10.2. The molecular weight excluding hydrogens is 406 g/mol. The molecule has 0 aliphatic rings. The number of hydrogen-bond acceptors (Lipinski definition) is 7. The van der Waals surface area contributed by atoms with E-state index in [1.165, 1.54) is 14.2 Å². The van der Waals surface area contributed by atoms with Crippen molar-refractivity contribution in [3.05, 3.63) is 54.1 Å². The highest BCUT2D eigenvalue weighted by Crippen LogP contribution is 2.37. The summed E-state index contributed by atoms with van der Waals surface area (Å²) in [6, 6.07) is 14.3. The van der Waals surface area contributed by atoms with Gasteiger partial charge in [-0.2, -0.15) is 0 Å². The zero-order valence-electron chi connectivity index (χ0n) is 16.7. The smallest absolute Gasteiger partial charge is 0.413 e. The van der Waals surface area contributed by atoms with Crippen LogP contribution in [0.2, 0.25) is 0 Å². The van der Waals surface area contributed by atoms with Crippen LogP contribution in [0.25, 0.3) is 11.3 Å². The summed E-state index contributed by atoms with van der Waals surface area (Å²) in [5.74, 6) is 0.576. The maximum atomic E-state index is 12.9. The number of benzene rings is 2. The van der Waals surface area contributed by atoms with E-state index in [4.69, 9.17) is 14.2 Å². The second-order valence-corrected chi connectivity index (χ2v) is 6.93. The summed E-state index contributed by atoms with van der Waals surface area (Å²) in [5.41, 5.74) is 1.67. The molecule has 0 aliphatic carbocycles. The van der Waals surface area contributed by atoms with Crippen molar-refractivity contribution >= 4 is 33.5 Å². The number of hydrogen-bond donors (Lipinski definition) is 2. The lowest BCUT2D eigenvalue weighted by molar-refractivity contribution is 0.102. The van der Waals surface area contributed by atoms with Crippen molar-refractivity contribution in [2.45, 2.75) is 6.92 Å². The Labute approximate surface area is 177 Å². The minimum Gasteiger partial charge on any atom is -0.497 e. The SMILES string of the molecule is CCOC(=O)Nc1nc(-c2ccccc2)c(NC(=O)c2ccc(OC)cc2OC)s1. The van der Waals surface area contributed by atoms with E-state index >= 15 is 0 Å². The number of nitrogens with one attached hydrogen (secondary N) is 2. The van der Waals surface area contributed by atoms with E-state index < -0.39 is 6.09 Å². The van der Waals surface area contributed by atoms with E-state index in [1.807, 2.05) is 30.3 Å². The number of rotatable bonds is 7. The van der Waals surface area contributed by atoms with Crippen LogP contribution in [0.3, 0.4) is 0 Å². The van der Waals surface area contributed by atoms with Crippen LogP contribution in [0, 0.1) is 0 Å². The van der Waals surface area contributed by atoms with Crippen molar-refractivity contribution < 1.29 is 23.8 Å². The van der Waals surface area contributed by atoms with Gasteiger partial charge in [0.15, 0.2) is 5.13 Å². The molecule has 156 valence electrons. The van der Waals surface area contributed by atoms with Crippen molar-refractivity contribution in [3.63, 3.8) is 0 Å². The summed E-state index contributed by atoms with van der Waals surface area (Å²) in [6.45, 7) is 1.95. The predicted molar refractivity (Wildman–Crippen MR) is 116 cm³/mol. The van der Waals surface area contributed by atoms with Gasteiger partial charge in [-0.1, -0.05) is 41.7 Å². The minimum atomic E-state index is -0.611. The van der Waals surface area contributed by atoms with Crippen LogP contribution in [0.5, 0.6) is 11.5 Å². The van der Waals surface area contributed by atoms with Gasteiger partial charge in [-0.25, -0.2) is 9.78 Å². The summed E-state index contributed by atoms with van der Waals surface area (Å²) < 4.78 is 15.4. The molecule has 1 aromatic heterocycles. The molecule has 0 saturated heterocycles. The number of aromatic nitrogens is 1. The molecule has 0 saturated carbocycles. The van der Waals surface area contributed by atoms with Crippen molar-refractivity contribution in [2.24, 2.45) is 0 Å². The molecule has 8 nitrogen and oxygen atoms in total. The number of carbonyl (C=O) groups excluding carboxylic acids is 2. The molecule has 30 heavy (non-hydrogen) atoms. The molecule has 2 amide bonds. The monoisotopic (exact) mass is 427 g/mol. The molecule has 0 bridgehead atoms. The van der Waals surface area contributed by atoms with Crippen LogP contribution in [-0.4, -0.2) is 37.8 Å². The standard InChI is InChI=1S/C21H21N3O5S/c1-4-29-21(26)24-20-22-17(13-8-6-5-7-9-13)19(30-20)23-18(25)15-11-10-14(27-2)12-16(15)28-3/h5-12H,4H2,1-3H3,(H,23,25)(H,22,24,26). The number of thiazole rings is 1. The Morgan fingerprint density at radius 1 is 1.03 bits per heavy atom. The lowest BCUT2D eigenvalue weighted by Crippen LogP contribution is -2.13. The third-order valence-corrected chi connectivity index (χ3v) is 4.93. The van der Waals surface area contributed by atoms with Gasteiger partial charge in [0.1, 0.15) is 22.2 Å². The van der Waals surface area contributed by atoms with Crippen molar-refractivity contribution in [2.75, 3.05) is 31.5 Å². The Morgan fingerprint density at radius 2 is 1.80 bits per heavy atom. The zero-order chi connectivity index (χ0) is 21.5. The summed E-state index contributed by atoms with van der Waals surface area (Å²) in [4.78, 5) is 29.2. The summed E-state index contributed by atoms with van der Waals surface area (Å²) >= 11 is 1.13. The first kappa shape index (κ1) is 21.1. The topological polar surface area (TPSA) is 98.8 Å². The lowest BCUT2D eigenvalue weighted by atomic mass is 10.1. The average Bonchev–Trinajstić information content (AvgIpc) is 3.15. The highest BCUT2D eigenvalue weighted by atomic mass is 32.1. The second-order valence-electron chi connectivity index (χ2n) is 5.93. The quantitative estimate of drug-likeness (QED) is 0.570. The lowest BCUT2D eigenvalue weighted by Gasteiger charge is -2.10. The number of anilines is 2. The summed E-state index contributed by atoms with van der Waals surface area (Å²) in [7, 11) is 3.02. The van der Waals surface area contributed by atoms with Crippen LogP contribution < -0.4 is 20.1 Å². The second kappa shape index (κ2) is 9.75. The Morgan fingerprint density at radius 3 is 2.47 bits per heavy atom. The van der Waals surface area contributed by atoms with E-state index in [0.717, 1.165) is 16.9 Å².